The molecule has 5 rings (SSSR count). The predicted octanol–water partition coefficient (Wildman–Crippen LogP) is 4.02. The summed E-state index contributed by atoms with van der Waals surface area (Å²) < 4.78 is 5.48. The second-order valence-electron chi connectivity index (χ2n) is 6.89. The van der Waals surface area contributed by atoms with Crippen LogP contribution in [0.1, 0.15) is 11.4 Å². The molecule has 3 heterocycles. The van der Waals surface area contributed by atoms with Crippen LogP contribution in [-0.2, 0) is 12.8 Å². The summed E-state index contributed by atoms with van der Waals surface area (Å²) in [6, 6.07) is 13.3. The zero-order valence-electron chi connectivity index (χ0n) is 16.3. The van der Waals surface area contributed by atoms with Crippen molar-refractivity contribution in [1.82, 2.24) is 28.7 Å². The lowest BCUT2D eigenvalue weighted by atomic mass is 10.2. The largest absolute Gasteiger partial charge is 0.295 e. The van der Waals surface area contributed by atoms with Crippen molar-refractivity contribution in [2.24, 2.45) is 7.05 Å². The van der Waals surface area contributed by atoms with Gasteiger partial charge in [0.2, 0.25) is 5.78 Å². The molecule has 0 atom stereocenters. The number of benzene rings is 2. The SMILES string of the molecule is Cc1c(Cl)cccc1-n1ccnc1SCc1nnc2n(C)c(=O)c3ccccc3n12. The van der Waals surface area contributed by atoms with Gasteiger partial charge in [-0.25, -0.2) is 4.98 Å². The van der Waals surface area contributed by atoms with Crippen LogP contribution in [0.15, 0.2) is 64.8 Å². The van der Waals surface area contributed by atoms with Gasteiger partial charge < -0.3 is 0 Å². The van der Waals surface area contributed by atoms with Crippen molar-refractivity contribution in [3.8, 4) is 5.69 Å². The summed E-state index contributed by atoms with van der Waals surface area (Å²) in [7, 11) is 1.71. The van der Waals surface area contributed by atoms with Crippen molar-refractivity contribution in [3.05, 3.63) is 81.6 Å². The molecule has 0 N–H and O–H groups in total. The van der Waals surface area contributed by atoms with Crippen LogP contribution in [0.2, 0.25) is 5.02 Å². The van der Waals surface area contributed by atoms with Crippen LogP contribution >= 0.6 is 23.4 Å². The summed E-state index contributed by atoms with van der Waals surface area (Å²) in [6.45, 7) is 1.99. The zero-order valence-corrected chi connectivity index (χ0v) is 17.9. The maximum atomic E-state index is 12.6. The molecule has 0 saturated heterocycles. The first-order chi connectivity index (χ1) is 14.6. The summed E-state index contributed by atoms with van der Waals surface area (Å²) in [5.41, 5.74) is 2.69. The second-order valence-corrected chi connectivity index (χ2v) is 8.24. The molecule has 150 valence electrons. The number of aromatic nitrogens is 6. The highest BCUT2D eigenvalue weighted by Crippen LogP contribution is 2.28. The fourth-order valence-corrected chi connectivity index (χ4v) is 4.60. The molecule has 3 aromatic heterocycles. The number of fused-ring (bicyclic) bond motifs is 3. The fourth-order valence-electron chi connectivity index (χ4n) is 3.55. The van der Waals surface area contributed by atoms with Crippen molar-refractivity contribution >= 4 is 40.0 Å². The molecule has 0 aliphatic carbocycles. The van der Waals surface area contributed by atoms with Gasteiger partial charge in [0.25, 0.3) is 5.56 Å². The zero-order chi connectivity index (χ0) is 20.8. The summed E-state index contributed by atoms with van der Waals surface area (Å²) in [5.74, 6) is 1.81. The van der Waals surface area contributed by atoms with E-state index in [2.05, 4.69) is 15.2 Å². The quantitative estimate of drug-likeness (QED) is 0.398. The van der Waals surface area contributed by atoms with E-state index in [1.54, 1.807) is 25.0 Å². The molecule has 0 radical (unpaired) electrons. The van der Waals surface area contributed by atoms with Crippen molar-refractivity contribution in [3.63, 3.8) is 0 Å². The number of nitrogens with zero attached hydrogens (tertiary/aromatic N) is 6. The van der Waals surface area contributed by atoms with E-state index in [1.807, 2.05) is 64.6 Å². The number of para-hydroxylation sites is 1. The van der Waals surface area contributed by atoms with Crippen molar-refractivity contribution in [2.75, 3.05) is 0 Å². The van der Waals surface area contributed by atoms with Crippen LogP contribution < -0.4 is 5.56 Å². The Morgan fingerprint density at radius 3 is 2.80 bits per heavy atom. The molecule has 0 bridgehead atoms. The Bertz CT molecular complexity index is 1470. The van der Waals surface area contributed by atoms with Gasteiger partial charge in [-0.15, -0.1) is 10.2 Å². The minimum absolute atomic E-state index is 0.0864. The molecule has 0 aliphatic rings. The van der Waals surface area contributed by atoms with E-state index in [1.165, 1.54) is 4.57 Å². The van der Waals surface area contributed by atoms with Crippen LogP contribution in [0.4, 0.5) is 0 Å². The number of hydrogen-bond donors (Lipinski definition) is 0. The molecule has 0 spiro atoms. The minimum atomic E-state index is -0.0864. The Morgan fingerprint density at radius 1 is 1.10 bits per heavy atom. The van der Waals surface area contributed by atoms with E-state index in [0.29, 0.717) is 21.9 Å². The molecule has 9 heteroatoms. The lowest BCUT2D eigenvalue weighted by Crippen LogP contribution is -2.20. The molecule has 0 unspecified atom stereocenters. The summed E-state index contributed by atoms with van der Waals surface area (Å²) in [5, 5.41) is 10.8. The fraction of sp³-hybridized carbons (Fsp3) is 0.143. The van der Waals surface area contributed by atoms with Crippen molar-refractivity contribution < 1.29 is 0 Å². The van der Waals surface area contributed by atoms with Gasteiger partial charge in [0.15, 0.2) is 5.16 Å². The average molecular weight is 437 g/mol. The van der Waals surface area contributed by atoms with Gasteiger partial charge in [-0.3, -0.25) is 18.3 Å². The summed E-state index contributed by atoms with van der Waals surface area (Å²) in [6.07, 6.45) is 3.69. The van der Waals surface area contributed by atoms with E-state index in [-0.39, 0.29) is 5.56 Å². The number of thioether (sulfide) groups is 1. The van der Waals surface area contributed by atoms with E-state index in [4.69, 9.17) is 11.6 Å². The first kappa shape index (κ1) is 18.9. The normalized spacial score (nSPS) is 11.6. The van der Waals surface area contributed by atoms with Crippen molar-refractivity contribution in [1.29, 1.82) is 0 Å². The van der Waals surface area contributed by atoms with E-state index < -0.39 is 0 Å². The topological polar surface area (TPSA) is 70.0 Å². The van der Waals surface area contributed by atoms with Gasteiger partial charge in [-0.1, -0.05) is 41.6 Å². The lowest BCUT2D eigenvalue weighted by Gasteiger charge is -2.11. The highest BCUT2D eigenvalue weighted by molar-refractivity contribution is 7.98. The van der Waals surface area contributed by atoms with Crippen LogP contribution in [0.5, 0.6) is 0 Å². The third-order valence-electron chi connectivity index (χ3n) is 5.13. The number of rotatable bonds is 4. The Labute approximate surface area is 181 Å². The monoisotopic (exact) mass is 436 g/mol. The van der Waals surface area contributed by atoms with Crippen LogP contribution in [-0.4, -0.2) is 28.7 Å². The van der Waals surface area contributed by atoms with Crippen molar-refractivity contribution in [2.45, 2.75) is 17.8 Å². The highest BCUT2D eigenvalue weighted by atomic mass is 35.5. The number of imidazole rings is 1. The average Bonchev–Trinajstić information content (AvgIpc) is 3.39. The third-order valence-corrected chi connectivity index (χ3v) is 6.50. The van der Waals surface area contributed by atoms with Gasteiger partial charge in [0, 0.05) is 24.5 Å². The molecule has 0 fully saturated rings. The molecule has 2 aromatic carbocycles. The molecule has 5 aromatic rings. The predicted molar refractivity (Wildman–Crippen MR) is 119 cm³/mol. The molecule has 30 heavy (non-hydrogen) atoms. The van der Waals surface area contributed by atoms with Gasteiger partial charge >= 0.3 is 0 Å². The standard InChI is InChI=1S/C21H17ClN6OS/c1-13-15(22)7-5-9-16(13)27-11-10-23-21(27)30-12-18-24-25-20-26(2)19(29)14-6-3-4-8-17(14)28(18)20/h3-11H,12H2,1-2H3. The van der Waals surface area contributed by atoms with Gasteiger partial charge in [0.05, 0.1) is 22.3 Å². The molecular weight excluding hydrogens is 420 g/mol. The van der Waals surface area contributed by atoms with Crippen LogP contribution in [0.3, 0.4) is 0 Å². The third kappa shape index (κ3) is 2.91. The Balaban J connectivity index is 1.56. The van der Waals surface area contributed by atoms with Crippen LogP contribution in [0, 0.1) is 6.92 Å². The second kappa shape index (κ2) is 7.30. The Hall–Kier alpha value is -3.10. The molecule has 0 saturated carbocycles. The Morgan fingerprint density at radius 2 is 1.93 bits per heavy atom. The first-order valence-electron chi connectivity index (χ1n) is 9.29. The number of halogens is 1. The van der Waals surface area contributed by atoms with Gasteiger partial charge in [-0.2, -0.15) is 0 Å². The molecule has 0 aliphatic heterocycles. The smallest absolute Gasteiger partial charge is 0.262 e. The van der Waals surface area contributed by atoms with Crippen LogP contribution in [0.25, 0.3) is 22.4 Å². The summed E-state index contributed by atoms with van der Waals surface area (Å²) >= 11 is 7.85. The number of hydrogen-bond acceptors (Lipinski definition) is 5. The van der Waals surface area contributed by atoms with E-state index >= 15 is 0 Å². The Kier molecular flexibility index (Phi) is 4.60. The van der Waals surface area contributed by atoms with E-state index in [0.717, 1.165) is 27.7 Å². The maximum Gasteiger partial charge on any atom is 0.262 e. The van der Waals surface area contributed by atoms with Gasteiger partial charge in [-0.05, 0) is 36.8 Å². The molecule has 0 amide bonds. The van der Waals surface area contributed by atoms with Gasteiger partial charge in [0.1, 0.15) is 5.82 Å². The highest BCUT2D eigenvalue weighted by Gasteiger charge is 2.16. The molecule has 7 nitrogen and oxygen atoms in total. The number of aryl methyl sites for hydroxylation is 1. The van der Waals surface area contributed by atoms with E-state index in [9.17, 15) is 4.79 Å². The minimum Gasteiger partial charge on any atom is -0.295 e. The maximum absolute atomic E-state index is 12.6. The first-order valence-corrected chi connectivity index (χ1v) is 10.7. The molecular formula is C21H17ClN6OS. The lowest BCUT2D eigenvalue weighted by molar-refractivity contribution is 0.857. The summed E-state index contributed by atoms with van der Waals surface area (Å²) in [4.78, 5) is 17.1.